The van der Waals surface area contributed by atoms with Crippen LogP contribution in [0.5, 0.6) is 0 Å². The first kappa shape index (κ1) is 14.8. The van der Waals surface area contributed by atoms with E-state index in [9.17, 15) is 9.90 Å². The van der Waals surface area contributed by atoms with E-state index in [0.717, 1.165) is 18.7 Å². The number of rotatable bonds is 4. The van der Waals surface area contributed by atoms with Gasteiger partial charge in [0, 0.05) is 25.0 Å². The Hall–Kier alpha value is -2.13. The van der Waals surface area contributed by atoms with Gasteiger partial charge in [-0.1, -0.05) is 67.6 Å². The molecule has 0 saturated carbocycles. The largest absolute Gasteiger partial charge is 0.481 e. The van der Waals surface area contributed by atoms with Crippen LogP contribution in [0.15, 0.2) is 60.7 Å². The number of nitrogens with zero attached hydrogens (tertiary/aromatic N) is 1. The van der Waals surface area contributed by atoms with E-state index in [2.05, 4.69) is 24.0 Å². The van der Waals surface area contributed by atoms with Gasteiger partial charge in [0.25, 0.3) is 0 Å². The summed E-state index contributed by atoms with van der Waals surface area (Å²) in [6.07, 6.45) is 0. The molecule has 0 spiro atoms. The highest BCUT2D eigenvalue weighted by Crippen LogP contribution is 2.39. The van der Waals surface area contributed by atoms with Crippen molar-refractivity contribution >= 4 is 5.97 Å². The summed E-state index contributed by atoms with van der Waals surface area (Å²) < 4.78 is 0. The van der Waals surface area contributed by atoms with E-state index < -0.39 is 5.97 Å². The Bertz CT molecular complexity index is 641. The van der Waals surface area contributed by atoms with Crippen LogP contribution >= 0.6 is 0 Å². The molecule has 1 heterocycles. The van der Waals surface area contributed by atoms with E-state index in [-0.39, 0.29) is 11.3 Å². The quantitative estimate of drug-likeness (QED) is 0.942. The van der Waals surface area contributed by atoms with Crippen molar-refractivity contribution < 1.29 is 9.90 Å². The number of aliphatic carboxylic acids is 1. The van der Waals surface area contributed by atoms with Gasteiger partial charge in [0.05, 0.1) is 5.92 Å². The van der Waals surface area contributed by atoms with Crippen molar-refractivity contribution in [2.24, 2.45) is 5.92 Å². The highest BCUT2D eigenvalue weighted by Gasteiger charge is 2.47. The first-order valence-corrected chi connectivity index (χ1v) is 7.64. The maximum Gasteiger partial charge on any atom is 0.308 e. The minimum Gasteiger partial charge on any atom is -0.481 e. The normalized spacial score (nSPS) is 25.2. The molecule has 2 unspecified atom stereocenters. The van der Waals surface area contributed by atoms with Gasteiger partial charge in [0.1, 0.15) is 0 Å². The number of benzene rings is 2. The molecule has 2 aromatic rings. The van der Waals surface area contributed by atoms with Crippen LogP contribution in [-0.4, -0.2) is 29.1 Å². The van der Waals surface area contributed by atoms with Gasteiger partial charge in [-0.2, -0.15) is 0 Å². The van der Waals surface area contributed by atoms with Crippen molar-refractivity contribution in [3.8, 4) is 0 Å². The number of likely N-dealkylation sites (tertiary alicyclic amines) is 1. The number of carboxylic acid groups (broad SMARTS) is 1. The van der Waals surface area contributed by atoms with Gasteiger partial charge in [-0.05, 0) is 11.1 Å². The molecule has 1 saturated heterocycles. The average molecular weight is 295 g/mol. The monoisotopic (exact) mass is 295 g/mol. The van der Waals surface area contributed by atoms with Crippen LogP contribution in [0, 0.1) is 5.92 Å². The van der Waals surface area contributed by atoms with Crippen LogP contribution in [0.25, 0.3) is 0 Å². The second-order valence-electron chi connectivity index (χ2n) is 6.33. The van der Waals surface area contributed by atoms with Crippen molar-refractivity contribution in [1.29, 1.82) is 0 Å². The van der Waals surface area contributed by atoms with Crippen LogP contribution in [0.1, 0.15) is 18.1 Å². The number of hydrogen-bond donors (Lipinski definition) is 1. The molecule has 0 aliphatic carbocycles. The zero-order chi connectivity index (χ0) is 15.6. The first-order chi connectivity index (χ1) is 10.6. The SMILES string of the molecule is CC1(c2ccccc2)CN(Cc2ccccc2)CC1C(=O)O. The van der Waals surface area contributed by atoms with Gasteiger partial charge in [-0.3, -0.25) is 9.69 Å². The van der Waals surface area contributed by atoms with Crippen LogP contribution in [-0.2, 0) is 16.8 Å². The van der Waals surface area contributed by atoms with Crippen molar-refractivity contribution in [3.63, 3.8) is 0 Å². The topological polar surface area (TPSA) is 40.5 Å². The molecule has 22 heavy (non-hydrogen) atoms. The van der Waals surface area contributed by atoms with E-state index in [1.807, 2.05) is 48.5 Å². The lowest BCUT2D eigenvalue weighted by molar-refractivity contribution is -0.142. The molecule has 2 aromatic carbocycles. The maximum atomic E-state index is 11.8. The van der Waals surface area contributed by atoms with E-state index in [1.54, 1.807) is 0 Å². The smallest absolute Gasteiger partial charge is 0.308 e. The summed E-state index contributed by atoms with van der Waals surface area (Å²) in [6, 6.07) is 20.3. The molecule has 3 nitrogen and oxygen atoms in total. The van der Waals surface area contributed by atoms with E-state index in [4.69, 9.17) is 0 Å². The fourth-order valence-electron chi connectivity index (χ4n) is 3.52. The Morgan fingerprint density at radius 3 is 2.32 bits per heavy atom. The summed E-state index contributed by atoms with van der Waals surface area (Å²) in [6.45, 7) is 4.23. The van der Waals surface area contributed by atoms with Crippen LogP contribution in [0.2, 0.25) is 0 Å². The number of carboxylic acids is 1. The summed E-state index contributed by atoms with van der Waals surface area (Å²) in [7, 11) is 0. The molecule has 0 amide bonds. The molecule has 0 radical (unpaired) electrons. The minimum absolute atomic E-state index is 0.345. The van der Waals surface area contributed by atoms with Gasteiger partial charge >= 0.3 is 5.97 Å². The third-order valence-corrected chi connectivity index (χ3v) is 4.74. The molecular weight excluding hydrogens is 274 g/mol. The Morgan fingerprint density at radius 2 is 1.73 bits per heavy atom. The summed E-state index contributed by atoms with van der Waals surface area (Å²) in [5.74, 6) is -1.08. The molecule has 1 aliphatic heterocycles. The lowest BCUT2D eigenvalue weighted by atomic mass is 9.74. The predicted molar refractivity (Wildman–Crippen MR) is 86.6 cm³/mol. The van der Waals surface area contributed by atoms with Crippen LogP contribution < -0.4 is 0 Å². The van der Waals surface area contributed by atoms with Crippen molar-refractivity contribution in [2.45, 2.75) is 18.9 Å². The number of hydrogen-bond acceptors (Lipinski definition) is 2. The molecule has 1 aliphatic rings. The highest BCUT2D eigenvalue weighted by atomic mass is 16.4. The Labute approximate surface area is 131 Å². The summed E-state index contributed by atoms with van der Waals surface area (Å²) >= 11 is 0. The lowest BCUT2D eigenvalue weighted by Gasteiger charge is -2.29. The Kier molecular flexibility index (Phi) is 3.99. The number of carbonyl (C=O) groups is 1. The molecule has 2 atom stereocenters. The van der Waals surface area contributed by atoms with Crippen LogP contribution in [0.3, 0.4) is 0 Å². The molecule has 3 rings (SSSR count). The van der Waals surface area contributed by atoms with E-state index in [0.29, 0.717) is 6.54 Å². The summed E-state index contributed by atoms with van der Waals surface area (Å²) in [5, 5.41) is 9.67. The predicted octanol–water partition coefficient (Wildman–Crippen LogP) is 3.16. The minimum atomic E-state index is -0.707. The molecule has 114 valence electrons. The van der Waals surface area contributed by atoms with Crippen molar-refractivity contribution in [2.75, 3.05) is 13.1 Å². The fraction of sp³-hybridized carbons (Fsp3) is 0.316. The maximum absolute atomic E-state index is 11.8. The van der Waals surface area contributed by atoms with Gasteiger partial charge in [0.2, 0.25) is 0 Å². The van der Waals surface area contributed by atoms with Crippen molar-refractivity contribution in [3.05, 3.63) is 71.8 Å². The standard InChI is InChI=1S/C19H21NO2/c1-19(16-10-6-3-7-11-16)14-20(13-17(19)18(21)22)12-15-8-4-2-5-9-15/h2-11,17H,12-14H2,1H3,(H,21,22). The first-order valence-electron chi connectivity index (χ1n) is 7.64. The summed E-state index contributed by atoms with van der Waals surface area (Å²) in [4.78, 5) is 14.0. The Balaban J connectivity index is 1.85. The van der Waals surface area contributed by atoms with Crippen molar-refractivity contribution in [1.82, 2.24) is 4.90 Å². The molecule has 1 fully saturated rings. The second kappa shape index (κ2) is 5.93. The average Bonchev–Trinajstić information content (AvgIpc) is 2.87. The molecule has 0 aromatic heterocycles. The zero-order valence-electron chi connectivity index (χ0n) is 12.8. The van der Waals surface area contributed by atoms with E-state index in [1.165, 1.54) is 5.56 Å². The second-order valence-corrected chi connectivity index (χ2v) is 6.33. The molecule has 0 bridgehead atoms. The van der Waals surface area contributed by atoms with Crippen LogP contribution in [0.4, 0.5) is 0 Å². The third kappa shape index (κ3) is 2.77. The lowest BCUT2D eigenvalue weighted by Crippen LogP contribution is -2.36. The van der Waals surface area contributed by atoms with Gasteiger partial charge < -0.3 is 5.11 Å². The molecule has 3 heteroatoms. The molecular formula is C19H21NO2. The van der Waals surface area contributed by atoms with Gasteiger partial charge in [0.15, 0.2) is 0 Å². The van der Waals surface area contributed by atoms with Gasteiger partial charge in [-0.25, -0.2) is 0 Å². The fourth-order valence-corrected chi connectivity index (χ4v) is 3.52. The summed E-state index contributed by atoms with van der Waals surface area (Å²) in [5.41, 5.74) is 1.99. The highest BCUT2D eigenvalue weighted by molar-refractivity contribution is 5.73. The Morgan fingerprint density at radius 1 is 1.14 bits per heavy atom. The third-order valence-electron chi connectivity index (χ3n) is 4.74. The van der Waals surface area contributed by atoms with E-state index >= 15 is 0 Å². The van der Waals surface area contributed by atoms with Gasteiger partial charge in [-0.15, -0.1) is 0 Å². The molecule has 1 N–H and O–H groups in total. The zero-order valence-corrected chi connectivity index (χ0v) is 12.8.